The zero-order valence-electron chi connectivity index (χ0n) is 16.2. The van der Waals surface area contributed by atoms with Crippen molar-refractivity contribution in [1.29, 1.82) is 0 Å². The van der Waals surface area contributed by atoms with E-state index < -0.39 is 17.3 Å². The molecule has 1 amide bonds. The first kappa shape index (κ1) is 25.3. The van der Waals surface area contributed by atoms with Gasteiger partial charge in [-0.25, -0.2) is 0 Å². The molecule has 0 aliphatic carbocycles. The van der Waals surface area contributed by atoms with Crippen LogP contribution in [0.5, 0.6) is 5.88 Å². The summed E-state index contributed by atoms with van der Waals surface area (Å²) in [6.45, 7) is 3.60. The number of aromatic nitrogens is 1. The first-order chi connectivity index (χ1) is 13.4. The average Bonchev–Trinajstić information content (AvgIpc) is 2.66. The van der Waals surface area contributed by atoms with E-state index in [-0.39, 0.29) is 52.9 Å². The van der Waals surface area contributed by atoms with Crippen LogP contribution in [0.4, 0.5) is 11.4 Å². The van der Waals surface area contributed by atoms with Crippen molar-refractivity contribution in [2.24, 2.45) is 16.0 Å². The van der Waals surface area contributed by atoms with E-state index in [4.69, 9.17) is 5.73 Å². The van der Waals surface area contributed by atoms with Crippen LogP contribution in [0.2, 0.25) is 0 Å². The van der Waals surface area contributed by atoms with Gasteiger partial charge in [-0.3, -0.25) is 19.2 Å². The maximum Gasteiger partial charge on any atom is 1.00 e. The summed E-state index contributed by atoms with van der Waals surface area (Å²) in [7, 11) is 0. The average molecular weight is 430 g/mol. The summed E-state index contributed by atoms with van der Waals surface area (Å²) in [5, 5.41) is 31.5. The molecule has 2 rings (SSSR count). The van der Waals surface area contributed by atoms with Crippen LogP contribution in [0.3, 0.4) is 0 Å². The van der Waals surface area contributed by atoms with Crippen molar-refractivity contribution in [2.75, 3.05) is 0 Å². The molecule has 12 heteroatoms. The predicted molar refractivity (Wildman–Crippen MR) is 99.2 cm³/mol. The number of hydrogen-bond acceptors (Lipinski definition) is 9. The van der Waals surface area contributed by atoms with E-state index in [2.05, 4.69) is 19.6 Å². The Hall–Kier alpha value is -1.73. The molecular weight excluding hydrogens is 411 g/mol. The van der Waals surface area contributed by atoms with Gasteiger partial charge in [-0.05, 0) is 31.5 Å². The second-order valence-corrected chi connectivity index (χ2v) is 6.54. The first-order valence-corrected chi connectivity index (χ1v) is 9.06. The van der Waals surface area contributed by atoms with Crippen LogP contribution < -0.4 is 46.1 Å². The number of benzene rings is 1. The number of aromatic hydroxyl groups is 1. The Morgan fingerprint density at radius 1 is 1.38 bits per heavy atom. The molecule has 0 atom stereocenters. The maximum absolute atomic E-state index is 12.7. The molecule has 0 saturated heterocycles. The number of rotatable bonds is 9. The Morgan fingerprint density at radius 2 is 2.10 bits per heavy atom. The van der Waals surface area contributed by atoms with Gasteiger partial charge in [-0.15, -0.1) is 5.11 Å². The van der Waals surface area contributed by atoms with Crippen LogP contribution >= 0.6 is 12.0 Å². The molecule has 0 radical (unpaired) electrons. The van der Waals surface area contributed by atoms with Gasteiger partial charge in [-0.1, -0.05) is 19.4 Å². The van der Waals surface area contributed by atoms with Crippen molar-refractivity contribution >= 4 is 29.3 Å². The fourth-order valence-corrected chi connectivity index (χ4v) is 2.91. The number of amides is 1. The van der Waals surface area contributed by atoms with Gasteiger partial charge in [0.15, 0.2) is 5.69 Å². The zero-order chi connectivity index (χ0) is 20.7. The zero-order valence-corrected chi connectivity index (χ0v) is 19.1. The number of carbonyl (C=O) groups is 1. The second kappa shape index (κ2) is 12.1. The standard InChI is InChI=1S/C17H20N4O6S.Na/c1-3-4-8-21-16(23)13(15(18)22)10(2)14(17(21)24)20-19-11-6-5-7-12(9-11)28-27-26-25;/h5-7,9,23,25H,3-4,8H2,1-2H3,(H2,18,22);/q;+1/p-1. The van der Waals surface area contributed by atoms with E-state index in [9.17, 15) is 20.0 Å². The Balaban J connectivity index is 0.00000420. The fraction of sp³-hybridized carbons (Fsp3) is 0.294. The molecule has 0 aliphatic heterocycles. The second-order valence-electron chi connectivity index (χ2n) is 5.76. The largest absolute Gasteiger partial charge is 1.00 e. The topological polar surface area (TPSA) is 152 Å². The Labute approximate surface area is 193 Å². The normalized spacial score (nSPS) is 10.9. The van der Waals surface area contributed by atoms with E-state index in [1.807, 2.05) is 6.92 Å². The third kappa shape index (κ3) is 6.37. The van der Waals surface area contributed by atoms with Crippen molar-refractivity contribution in [2.45, 2.75) is 38.1 Å². The molecular formula is C17H19N4NaO6S. The van der Waals surface area contributed by atoms with Crippen molar-refractivity contribution in [1.82, 2.24) is 4.57 Å². The van der Waals surface area contributed by atoms with Crippen molar-refractivity contribution in [3.63, 3.8) is 0 Å². The number of carbonyl (C=O) groups excluding carboxylic acids is 1. The predicted octanol–water partition coefficient (Wildman–Crippen LogP) is -0.589. The number of azo groups is 1. The van der Waals surface area contributed by atoms with Gasteiger partial charge < -0.3 is 16.1 Å². The minimum atomic E-state index is -0.871. The Bertz CT molecular complexity index is 950. The minimum Gasteiger partial charge on any atom is -0.691 e. The SMILES string of the molecule is CCCCn1c(O)c(C(N)=O)c(C)c(N=Nc2cccc(SOO[O-])c2)c1=O.[Na+]. The summed E-state index contributed by atoms with van der Waals surface area (Å²) < 4.78 is 5.31. The molecule has 0 spiro atoms. The van der Waals surface area contributed by atoms with Crippen LogP contribution in [0, 0.1) is 6.92 Å². The number of primary amides is 1. The van der Waals surface area contributed by atoms with Crippen molar-refractivity contribution < 1.29 is 54.1 Å². The molecule has 0 unspecified atom stereocenters. The van der Waals surface area contributed by atoms with E-state index in [1.165, 1.54) is 6.92 Å². The molecule has 10 nitrogen and oxygen atoms in total. The number of nitrogens with two attached hydrogens (primary N) is 1. The summed E-state index contributed by atoms with van der Waals surface area (Å²) in [5.74, 6) is -1.35. The maximum atomic E-state index is 12.7. The number of nitrogens with zero attached hydrogens (tertiary/aromatic N) is 3. The molecule has 0 saturated carbocycles. The number of pyridine rings is 1. The van der Waals surface area contributed by atoms with Crippen molar-refractivity contribution in [3.05, 3.63) is 45.7 Å². The van der Waals surface area contributed by atoms with Crippen LogP contribution in [0.25, 0.3) is 0 Å². The van der Waals surface area contributed by atoms with Gasteiger partial charge in [0.05, 0.1) is 17.7 Å². The molecule has 150 valence electrons. The molecule has 3 N–H and O–H groups in total. The molecule has 0 aliphatic rings. The molecule has 0 fully saturated rings. The quantitative estimate of drug-likeness (QED) is 0.177. The van der Waals surface area contributed by atoms with E-state index in [1.54, 1.807) is 24.3 Å². The van der Waals surface area contributed by atoms with Gasteiger partial charge in [-0.2, -0.15) is 9.45 Å². The van der Waals surface area contributed by atoms with E-state index in [0.717, 1.165) is 11.0 Å². The van der Waals surface area contributed by atoms with Crippen LogP contribution in [0.1, 0.15) is 35.7 Å². The van der Waals surface area contributed by atoms with Gasteiger partial charge in [0.2, 0.25) is 5.88 Å². The van der Waals surface area contributed by atoms with E-state index >= 15 is 0 Å². The number of unbranched alkanes of at least 4 members (excludes halogenated alkanes) is 1. The van der Waals surface area contributed by atoms with Gasteiger partial charge in [0.25, 0.3) is 11.5 Å². The van der Waals surface area contributed by atoms with Gasteiger partial charge in [0.1, 0.15) is 5.56 Å². The summed E-state index contributed by atoms with van der Waals surface area (Å²) in [6, 6.07) is 6.46. The minimum absolute atomic E-state index is 0. The third-order valence-electron chi connectivity index (χ3n) is 3.88. The van der Waals surface area contributed by atoms with Crippen LogP contribution in [0.15, 0.2) is 44.2 Å². The Kier molecular flexibility index (Phi) is 10.5. The number of hydrogen-bond donors (Lipinski definition) is 2. The summed E-state index contributed by atoms with van der Waals surface area (Å²) in [6.07, 6.45) is 1.40. The van der Waals surface area contributed by atoms with Gasteiger partial charge >= 0.3 is 29.6 Å². The first-order valence-electron chi connectivity index (χ1n) is 8.31. The molecule has 2 aromatic rings. The molecule has 29 heavy (non-hydrogen) atoms. The fourth-order valence-electron chi connectivity index (χ4n) is 2.50. The van der Waals surface area contributed by atoms with Crippen LogP contribution in [-0.2, 0) is 15.9 Å². The van der Waals surface area contributed by atoms with Crippen LogP contribution in [-0.4, -0.2) is 15.6 Å². The van der Waals surface area contributed by atoms with Crippen molar-refractivity contribution in [3.8, 4) is 5.88 Å². The molecule has 1 aromatic carbocycles. The molecule has 1 heterocycles. The Morgan fingerprint density at radius 3 is 2.72 bits per heavy atom. The third-order valence-corrected chi connectivity index (χ3v) is 4.45. The van der Waals surface area contributed by atoms with Gasteiger partial charge in [0, 0.05) is 17.0 Å². The molecule has 0 bridgehead atoms. The monoisotopic (exact) mass is 430 g/mol. The molecule has 1 aromatic heterocycles. The summed E-state index contributed by atoms with van der Waals surface area (Å²) in [5.41, 5.74) is 5.03. The summed E-state index contributed by atoms with van der Waals surface area (Å²) in [4.78, 5) is 25.0. The van der Waals surface area contributed by atoms with E-state index in [0.29, 0.717) is 29.0 Å². The summed E-state index contributed by atoms with van der Waals surface area (Å²) >= 11 is 0.686. The smallest absolute Gasteiger partial charge is 0.691 e.